The molecule has 1 aromatic heterocycles. The van der Waals surface area contributed by atoms with Crippen molar-refractivity contribution in [2.75, 3.05) is 5.75 Å². The molecule has 1 aliphatic carbocycles. The van der Waals surface area contributed by atoms with Gasteiger partial charge in [0.15, 0.2) is 0 Å². The van der Waals surface area contributed by atoms with Crippen LogP contribution in [0.2, 0.25) is 0 Å². The maximum absolute atomic E-state index is 12.9. The van der Waals surface area contributed by atoms with E-state index < -0.39 is 10.1 Å². The lowest BCUT2D eigenvalue weighted by Gasteiger charge is -2.23. The van der Waals surface area contributed by atoms with Crippen molar-refractivity contribution in [3.63, 3.8) is 0 Å². The van der Waals surface area contributed by atoms with Crippen molar-refractivity contribution in [1.82, 2.24) is 4.90 Å². The van der Waals surface area contributed by atoms with Crippen molar-refractivity contribution in [1.29, 1.82) is 0 Å². The van der Waals surface area contributed by atoms with E-state index in [0.717, 1.165) is 17.7 Å². The molecule has 1 aliphatic rings. The van der Waals surface area contributed by atoms with Crippen molar-refractivity contribution in [3.05, 3.63) is 54.0 Å². The van der Waals surface area contributed by atoms with Crippen LogP contribution in [0.15, 0.2) is 47.1 Å². The molecule has 1 saturated carbocycles. The number of nitrogens with zero attached hydrogens (tertiary/aromatic N) is 1. The van der Waals surface area contributed by atoms with Gasteiger partial charge < -0.3 is 13.5 Å². The Kier molecular flexibility index (Phi) is 7.36. The molecule has 0 saturated heterocycles. The molecule has 158 valence electrons. The minimum Gasteiger partial charge on any atom is -0.467 e. The molecule has 7 heteroatoms. The average Bonchev–Trinajstić information content (AvgIpc) is 3.41. The van der Waals surface area contributed by atoms with Gasteiger partial charge in [-0.2, -0.15) is 8.42 Å². The van der Waals surface area contributed by atoms with Crippen LogP contribution in [-0.2, 0) is 28.0 Å². The number of amides is 1. The number of hydrogen-bond acceptors (Lipinski definition) is 5. The lowest BCUT2D eigenvalue weighted by Crippen LogP contribution is -2.30. The molecule has 1 fully saturated rings. The van der Waals surface area contributed by atoms with Crippen LogP contribution in [-0.4, -0.2) is 25.0 Å². The Bertz CT molecular complexity index is 868. The second-order valence-corrected chi connectivity index (χ2v) is 9.45. The van der Waals surface area contributed by atoms with E-state index in [9.17, 15) is 13.2 Å². The van der Waals surface area contributed by atoms with Gasteiger partial charge in [0.2, 0.25) is 5.91 Å². The third-order valence-corrected chi connectivity index (χ3v) is 6.55. The zero-order valence-corrected chi connectivity index (χ0v) is 17.7. The summed E-state index contributed by atoms with van der Waals surface area (Å²) in [6.07, 6.45) is 8.10. The molecule has 0 spiro atoms. The van der Waals surface area contributed by atoms with Gasteiger partial charge in [0.1, 0.15) is 11.5 Å². The fourth-order valence-electron chi connectivity index (χ4n) is 3.68. The van der Waals surface area contributed by atoms with Crippen LogP contribution in [0.25, 0.3) is 0 Å². The van der Waals surface area contributed by atoms with Gasteiger partial charge in [0.05, 0.1) is 18.6 Å². The fraction of sp³-hybridized carbons (Fsp3) is 0.500. The number of carbonyl (C=O) groups excluding carboxylic acids is 1. The topological polar surface area (TPSA) is 76.8 Å². The summed E-state index contributed by atoms with van der Waals surface area (Å²) >= 11 is 0. The van der Waals surface area contributed by atoms with E-state index in [1.54, 1.807) is 35.4 Å². The highest BCUT2D eigenvalue weighted by molar-refractivity contribution is 7.87. The van der Waals surface area contributed by atoms with Crippen molar-refractivity contribution >= 4 is 16.0 Å². The molecular formula is C22H29NO5S. The Labute approximate surface area is 173 Å². The molecule has 0 radical (unpaired) electrons. The Morgan fingerprint density at radius 2 is 1.86 bits per heavy atom. The lowest BCUT2D eigenvalue weighted by molar-refractivity contribution is -0.133. The first-order chi connectivity index (χ1) is 13.9. The maximum Gasteiger partial charge on any atom is 0.308 e. The van der Waals surface area contributed by atoms with Gasteiger partial charge in [-0.1, -0.05) is 37.8 Å². The van der Waals surface area contributed by atoms with E-state index in [4.69, 9.17) is 8.60 Å². The van der Waals surface area contributed by atoms with Crippen LogP contribution in [0.4, 0.5) is 0 Å². The molecule has 1 aromatic carbocycles. The molecule has 0 unspecified atom stereocenters. The fourth-order valence-corrected chi connectivity index (χ4v) is 4.21. The third-order valence-electron chi connectivity index (χ3n) is 5.39. The monoisotopic (exact) mass is 419 g/mol. The Morgan fingerprint density at radius 1 is 1.14 bits per heavy atom. The van der Waals surface area contributed by atoms with Crippen molar-refractivity contribution in [2.24, 2.45) is 5.92 Å². The lowest BCUT2D eigenvalue weighted by atomic mass is 10.0. The van der Waals surface area contributed by atoms with Crippen LogP contribution < -0.4 is 4.18 Å². The highest BCUT2D eigenvalue weighted by Gasteiger charge is 2.20. The molecular weight excluding hydrogens is 390 g/mol. The maximum atomic E-state index is 12.9. The van der Waals surface area contributed by atoms with Gasteiger partial charge in [-0.05, 0) is 49.1 Å². The van der Waals surface area contributed by atoms with E-state index in [-0.39, 0.29) is 17.4 Å². The standard InChI is InChI=1S/C22H29NO5S/c1-2-29(25,26)28-20-12-9-19(10-13-20)16-23(17-21-8-5-15-27-21)22(24)14-11-18-6-3-4-7-18/h5,8-10,12-13,15,18H,2-4,6-7,11,14,16-17H2,1H3. The number of furan rings is 1. The molecule has 1 heterocycles. The quantitative estimate of drug-likeness (QED) is 0.530. The summed E-state index contributed by atoms with van der Waals surface area (Å²) in [7, 11) is -3.55. The van der Waals surface area contributed by atoms with Gasteiger partial charge in [-0.15, -0.1) is 0 Å². The third kappa shape index (κ3) is 6.63. The van der Waals surface area contributed by atoms with Gasteiger partial charge in [0, 0.05) is 13.0 Å². The number of benzene rings is 1. The van der Waals surface area contributed by atoms with E-state index in [2.05, 4.69) is 0 Å². The molecule has 6 nitrogen and oxygen atoms in total. The molecule has 0 N–H and O–H groups in total. The SMILES string of the molecule is CCS(=O)(=O)Oc1ccc(CN(Cc2ccco2)C(=O)CCC2CCCC2)cc1. The zero-order valence-electron chi connectivity index (χ0n) is 16.9. The Hall–Kier alpha value is -2.28. The molecule has 0 atom stereocenters. The molecule has 2 aromatic rings. The summed E-state index contributed by atoms with van der Waals surface area (Å²) in [6.45, 7) is 2.39. The van der Waals surface area contributed by atoms with Crippen molar-refractivity contribution in [3.8, 4) is 5.75 Å². The second-order valence-electron chi connectivity index (χ2n) is 7.59. The van der Waals surface area contributed by atoms with Crippen LogP contribution >= 0.6 is 0 Å². The highest BCUT2D eigenvalue weighted by Crippen LogP contribution is 2.29. The molecule has 0 aliphatic heterocycles. The summed E-state index contributed by atoms with van der Waals surface area (Å²) in [5, 5.41) is 0. The van der Waals surface area contributed by atoms with Gasteiger partial charge in [-0.3, -0.25) is 4.79 Å². The van der Waals surface area contributed by atoms with Crippen LogP contribution in [0.5, 0.6) is 5.75 Å². The van der Waals surface area contributed by atoms with Crippen LogP contribution in [0.3, 0.4) is 0 Å². The summed E-state index contributed by atoms with van der Waals surface area (Å²) in [5.41, 5.74) is 0.909. The minimum absolute atomic E-state index is 0.0822. The van der Waals surface area contributed by atoms with E-state index in [1.165, 1.54) is 32.6 Å². The van der Waals surface area contributed by atoms with Crippen LogP contribution in [0, 0.1) is 5.92 Å². The first-order valence-electron chi connectivity index (χ1n) is 10.3. The summed E-state index contributed by atoms with van der Waals surface area (Å²) in [6, 6.07) is 10.5. The summed E-state index contributed by atoms with van der Waals surface area (Å²) < 4.78 is 33.6. The van der Waals surface area contributed by atoms with E-state index >= 15 is 0 Å². The molecule has 1 amide bonds. The predicted molar refractivity (Wildman–Crippen MR) is 111 cm³/mol. The van der Waals surface area contributed by atoms with Gasteiger partial charge in [0.25, 0.3) is 0 Å². The van der Waals surface area contributed by atoms with Gasteiger partial charge in [-0.25, -0.2) is 0 Å². The van der Waals surface area contributed by atoms with Crippen LogP contribution in [0.1, 0.15) is 56.8 Å². The second kappa shape index (κ2) is 9.96. The predicted octanol–water partition coefficient (Wildman–Crippen LogP) is 4.51. The largest absolute Gasteiger partial charge is 0.467 e. The highest BCUT2D eigenvalue weighted by atomic mass is 32.2. The first kappa shape index (κ1) is 21.4. The average molecular weight is 420 g/mol. The van der Waals surface area contributed by atoms with Crippen molar-refractivity contribution < 1.29 is 21.8 Å². The minimum atomic E-state index is -3.55. The number of rotatable bonds is 10. The number of hydrogen-bond donors (Lipinski definition) is 0. The summed E-state index contributed by atoms with van der Waals surface area (Å²) in [5.74, 6) is 1.72. The van der Waals surface area contributed by atoms with E-state index in [0.29, 0.717) is 25.4 Å². The van der Waals surface area contributed by atoms with Gasteiger partial charge >= 0.3 is 10.1 Å². The Morgan fingerprint density at radius 3 is 2.48 bits per heavy atom. The normalized spacial score (nSPS) is 14.8. The molecule has 29 heavy (non-hydrogen) atoms. The Balaban J connectivity index is 1.64. The zero-order chi connectivity index (χ0) is 20.7. The molecule has 3 rings (SSSR count). The summed E-state index contributed by atoms with van der Waals surface area (Å²) in [4.78, 5) is 14.7. The van der Waals surface area contributed by atoms with E-state index in [1.807, 2.05) is 12.1 Å². The first-order valence-corrected chi connectivity index (χ1v) is 11.8. The van der Waals surface area contributed by atoms with Crippen molar-refractivity contribution in [2.45, 2.75) is 58.5 Å². The smallest absolute Gasteiger partial charge is 0.308 e. The molecule has 0 bridgehead atoms. The number of carbonyl (C=O) groups is 1.